The third kappa shape index (κ3) is 2.92. The molecule has 1 saturated heterocycles. The van der Waals surface area contributed by atoms with Gasteiger partial charge < -0.3 is 15.3 Å². The molecule has 15 heavy (non-hydrogen) atoms. The molecule has 1 aliphatic heterocycles. The summed E-state index contributed by atoms with van der Waals surface area (Å²) in [5, 5.41) is 12.4. The number of piperidine rings is 1. The van der Waals surface area contributed by atoms with Gasteiger partial charge in [-0.25, -0.2) is 0 Å². The molecule has 1 rings (SSSR count). The van der Waals surface area contributed by atoms with Gasteiger partial charge in [0, 0.05) is 7.05 Å². The Hall–Kier alpha value is -0.610. The SMILES string of the molecule is CN(C(=O)[C@H]1CCCCN1)C(C)(C)CO. The summed E-state index contributed by atoms with van der Waals surface area (Å²) in [5.41, 5.74) is -0.476. The monoisotopic (exact) mass is 214 g/mol. The van der Waals surface area contributed by atoms with Crippen LogP contribution in [0.4, 0.5) is 0 Å². The van der Waals surface area contributed by atoms with Crippen molar-refractivity contribution in [2.45, 2.75) is 44.7 Å². The van der Waals surface area contributed by atoms with Crippen LogP contribution in [0.5, 0.6) is 0 Å². The van der Waals surface area contributed by atoms with E-state index in [1.807, 2.05) is 13.8 Å². The van der Waals surface area contributed by atoms with Crippen LogP contribution >= 0.6 is 0 Å². The normalized spacial score (nSPS) is 22.5. The van der Waals surface area contributed by atoms with Crippen molar-refractivity contribution in [2.75, 3.05) is 20.2 Å². The highest BCUT2D eigenvalue weighted by Gasteiger charge is 2.31. The molecule has 1 heterocycles. The third-order valence-corrected chi connectivity index (χ3v) is 3.23. The van der Waals surface area contributed by atoms with Crippen LogP contribution in [-0.4, -0.2) is 47.7 Å². The van der Waals surface area contributed by atoms with Crippen molar-refractivity contribution in [3.63, 3.8) is 0 Å². The Morgan fingerprint density at radius 1 is 1.53 bits per heavy atom. The second-order valence-corrected chi connectivity index (χ2v) is 4.87. The lowest BCUT2D eigenvalue weighted by Crippen LogP contribution is -2.55. The molecule has 4 nitrogen and oxygen atoms in total. The van der Waals surface area contributed by atoms with E-state index in [1.165, 1.54) is 0 Å². The maximum Gasteiger partial charge on any atom is 0.239 e. The van der Waals surface area contributed by atoms with E-state index in [2.05, 4.69) is 5.32 Å². The first-order chi connectivity index (χ1) is 6.99. The molecule has 0 radical (unpaired) electrons. The Morgan fingerprint density at radius 3 is 2.67 bits per heavy atom. The van der Waals surface area contributed by atoms with Crippen LogP contribution in [0, 0.1) is 0 Å². The molecule has 0 aliphatic carbocycles. The fourth-order valence-electron chi connectivity index (χ4n) is 1.70. The Bertz CT molecular complexity index is 223. The number of carbonyl (C=O) groups excluding carboxylic acids is 1. The quantitative estimate of drug-likeness (QED) is 0.713. The Morgan fingerprint density at radius 2 is 2.20 bits per heavy atom. The van der Waals surface area contributed by atoms with E-state index in [9.17, 15) is 9.90 Å². The molecule has 0 aromatic heterocycles. The number of aliphatic hydroxyl groups is 1. The summed E-state index contributed by atoms with van der Waals surface area (Å²) in [6.45, 7) is 4.65. The number of amides is 1. The average Bonchev–Trinajstić information content (AvgIpc) is 2.28. The number of hydrogen-bond donors (Lipinski definition) is 2. The number of hydrogen-bond acceptors (Lipinski definition) is 3. The number of nitrogens with zero attached hydrogens (tertiary/aromatic N) is 1. The number of rotatable bonds is 3. The first kappa shape index (κ1) is 12.5. The van der Waals surface area contributed by atoms with Crippen LogP contribution < -0.4 is 5.32 Å². The van der Waals surface area contributed by atoms with Crippen molar-refractivity contribution in [3.8, 4) is 0 Å². The second-order valence-electron chi connectivity index (χ2n) is 4.87. The van der Waals surface area contributed by atoms with E-state index in [4.69, 9.17) is 0 Å². The first-order valence-corrected chi connectivity index (χ1v) is 5.61. The van der Waals surface area contributed by atoms with Crippen molar-refractivity contribution in [1.82, 2.24) is 10.2 Å². The Kier molecular flexibility index (Phi) is 4.11. The highest BCUT2D eigenvalue weighted by atomic mass is 16.3. The first-order valence-electron chi connectivity index (χ1n) is 5.61. The van der Waals surface area contributed by atoms with Gasteiger partial charge in [-0.15, -0.1) is 0 Å². The van der Waals surface area contributed by atoms with Crippen LogP contribution in [0.25, 0.3) is 0 Å². The lowest BCUT2D eigenvalue weighted by molar-refractivity contribution is -0.138. The molecule has 0 aromatic rings. The van der Waals surface area contributed by atoms with Crippen molar-refractivity contribution < 1.29 is 9.90 Å². The van der Waals surface area contributed by atoms with E-state index >= 15 is 0 Å². The van der Waals surface area contributed by atoms with Gasteiger partial charge in [-0.3, -0.25) is 4.79 Å². The van der Waals surface area contributed by atoms with Gasteiger partial charge >= 0.3 is 0 Å². The molecule has 0 saturated carbocycles. The van der Waals surface area contributed by atoms with E-state index < -0.39 is 5.54 Å². The summed E-state index contributed by atoms with van der Waals surface area (Å²) >= 11 is 0. The van der Waals surface area contributed by atoms with Gasteiger partial charge in [0.25, 0.3) is 0 Å². The van der Waals surface area contributed by atoms with Gasteiger partial charge in [0.2, 0.25) is 5.91 Å². The number of nitrogens with one attached hydrogen (secondary N) is 1. The maximum absolute atomic E-state index is 12.1. The van der Waals surface area contributed by atoms with Gasteiger partial charge in [-0.1, -0.05) is 6.42 Å². The molecular weight excluding hydrogens is 192 g/mol. The van der Waals surface area contributed by atoms with Crippen molar-refractivity contribution in [3.05, 3.63) is 0 Å². The van der Waals surface area contributed by atoms with Crippen LogP contribution in [0.1, 0.15) is 33.1 Å². The molecule has 1 fully saturated rings. The zero-order valence-corrected chi connectivity index (χ0v) is 9.92. The zero-order chi connectivity index (χ0) is 11.5. The molecule has 0 unspecified atom stereocenters. The molecule has 0 bridgehead atoms. The van der Waals surface area contributed by atoms with Crippen molar-refractivity contribution in [2.24, 2.45) is 0 Å². The predicted octanol–water partition coefficient (Wildman–Crippen LogP) is 0.358. The predicted molar refractivity (Wildman–Crippen MR) is 59.6 cm³/mol. The number of likely N-dealkylation sites (N-methyl/N-ethyl adjacent to an activating group) is 1. The average molecular weight is 214 g/mol. The molecule has 2 N–H and O–H groups in total. The van der Waals surface area contributed by atoms with E-state index in [-0.39, 0.29) is 18.6 Å². The number of carbonyl (C=O) groups is 1. The topological polar surface area (TPSA) is 52.6 Å². The van der Waals surface area contributed by atoms with Crippen LogP contribution in [0.15, 0.2) is 0 Å². The van der Waals surface area contributed by atoms with Gasteiger partial charge in [0.1, 0.15) is 0 Å². The highest BCUT2D eigenvalue weighted by Crippen LogP contribution is 2.16. The van der Waals surface area contributed by atoms with Crippen molar-refractivity contribution >= 4 is 5.91 Å². The lowest BCUT2D eigenvalue weighted by Gasteiger charge is -2.37. The smallest absolute Gasteiger partial charge is 0.239 e. The van der Waals surface area contributed by atoms with Crippen LogP contribution in [-0.2, 0) is 4.79 Å². The fourth-order valence-corrected chi connectivity index (χ4v) is 1.70. The molecule has 88 valence electrons. The Labute approximate surface area is 91.6 Å². The van der Waals surface area contributed by atoms with Gasteiger partial charge in [0.15, 0.2) is 0 Å². The zero-order valence-electron chi connectivity index (χ0n) is 9.92. The fraction of sp³-hybridized carbons (Fsp3) is 0.909. The lowest BCUT2D eigenvalue weighted by atomic mass is 9.99. The van der Waals surface area contributed by atoms with Gasteiger partial charge in [0.05, 0.1) is 18.2 Å². The van der Waals surface area contributed by atoms with Crippen molar-refractivity contribution in [1.29, 1.82) is 0 Å². The molecule has 0 aromatic carbocycles. The minimum Gasteiger partial charge on any atom is -0.394 e. The molecule has 0 spiro atoms. The third-order valence-electron chi connectivity index (χ3n) is 3.23. The summed E-state index contributed by atoms with van der Waals surface area (Å²) in [5.74, 6) is 0.0914. The minimum atomic E-state index is -0.476. The summed E-state index contributed by atoms with van der Waals surface area (Å²) in [6.07, 6.45) is 3.17. The Balaban J connectivity index is 2.58. The van der Waals surface area contributed by atoms with E-state index in [1.54, 1.807) is 11.9 Å². The van der Waals surface area contributed by atoms with Crippen LogP contribution in [0.3, 0.4) is 0 Å². The summed E-state index contributed by atoms with van der Waals surface area (Å²) < 4.78 is 0. The highest BCUT2D eigenvalue weighted by molar-refractivity contribution is 5.82. The standard InChI is InChI=1S/C11H22N2O2/c1-11(2,8-14)13(3)10(15)9-6-4-5-7-12-9/h9,12,14H,4-8H2,1-3H3/t9-/m1/s1. The second kappa shape index (κ2) is 4.94. The summed E-state index contributed by atoms with van der Waals surface area (Å²) in [7, 11) is 1.76. The van der Waals surface area contributed by atoms with E-state index in [0.29, 0.717) is 0 Å². The molecule has 4 heteroatoms. The van der Waals surface area contributed by atoms with Gasteiger partial charge in [-0.2, -0.15) is 0 Å². The summed E-state index contributed by atoms with van der Waals surface area (Å²) in [4.78, 5) is 13.7. The minimum absolute atomic E-state index is 0.0119. The molecule has 1 amide bonds. The largest absolute Gasteiger partial charge is 0.394 e. The van der Waals surface area contributed by atoms with Gasteiger partial charge in [-0.05, 0) is 33.2 Å². The van der Waals surface area contributed by atoms with Crippen LogP contribution in [0.2, 0.25) is 0 Å². The molecule has 1 aliphatic rings. The summed E-state index contributed by atoms with van der Waals surface area (Å²) in [6, 6.07) is -0.0606. The number of aliphatic hydroxyl groups excluding tert-OH is 1. The molecule has 1 atom stereocenters. The maximum atomic E-state index is 12.1. The molecular formula is C11H22N2O2. The van der Waals surface area contributed by atoms with E-state index in [0.717, 1.165) is 25.8 Å².